The summed E-state index contributed by atoms with van der Waals surface area (Å²) >= 11 is 0. The number of benzene rings is 1. The van der Waals surface area contributed by atoms with Gasteiger partial charge in [-0.15, -0.1) is 0 Å². The maximum absolute atomic E-state index is 14.4. The molecule has 3 atom stereocenters. The molecule has 31 heavy (non-hydrogen) atoms. The first-order chi connectivity index (χ1) is 14.6. The van der Waals surface area contributed by atoms with Crippen molar-refractivity contribution in [3.63, 3.8) is 0 Å². The minimum atomic E-state index is -3.08. The van der Waals surface area contributed by atoms with Crippen LogP contribution in [0.25, 0.3) is 0 Å². The van der Waals surface area contributed by atoms with Crippen molar-refractivity contribution >= 4 is 17.6 Å². The van der Waals surface area contributed by atoms with Gasteiger partial charge in [-0.1, -0.05) is 25.1 Å². The van der Waals surface area contributed by atoms with Crippen LogP contribution in [0.4, 0.5) is 23.2 Å². The van der Waals surface area contributed by atoms with Gasteiger partial charge in [0.25, 0.3) is 5.91 Å². The van der Waals surface area contributed by atoms with Crippen LogP contribution in [-0.2, 0) is 9.59 Å². The first-order valence-corrected chi connectivity index (χ1v) is 9.35. The van der Waals surface area contributed by atoms with Gasteiger partial charge < -0.3 is 15.2 Å². The van der Waals surface area contributed by atoms with Gasteiger partial charge >= 0.3 is 5.97 Å². The van der Waals surface area contributed by atoms with Crippen LogP contribution in [0, 0.1) is 11.3 Å². The second-order valence-electron chi connectivity index (χ2n) is 7.50. The Morgan fingerprint density at radius 1 is 1.23 bits per heavy atom. The number of halogens is 4. The number of carboxylic acid groups (broad SMARTS) is 1. The van der Waals surface area contributed by atoms with E-state index in [9.17, 15) is 32.3 Å². The third-order valence-electron chi connectivity index (χ3n) is 5.13. The van der Waals surface area contributed by atoms with Crippen LogP contribution in [0.5, 0.6) is 5.75 Å². The van der Waals surface area contributed by atoms with E-state index in [1.807, 2.05) is 19.1 Å². The summed E-state index contributed by atoms with van der Waals surface area (Å²) in [6, 6.07) is 5.87. The molecule has 0 bridgehead atoms. The number of hydrogen-bond acceptors (Lipinski definition) is 3. The first-order valence-electron chi connectivity index (χ1n) is 9.35. The molecule has 0 aromatic heterocycles. The van der Waals surface area contributed by atoms with Gasteiger partial charge in [-0.2, -0.15) is 0 Å². The number of allylic oxidation sites excluding steroid dienone is 7. The topological polar surface area (TPSA) is 75.6 Å². The summed E-state index contributed by atoms with van der Waals surface area (Å²) in [6.45, 7) is 2.62. The van der Waals surface area contributed by atoms with Crippen molar-refractivity contribution < 1.29 is 37.0 Å². The van der Waals surface area contributed by atoms with Crippen LogP contribution >= 0.6 is 0 Å². The molecule has 1 aromatic rings. The number of alkyl halides is 1. The van der Waals surface area contributed by atoms with E-state index >= 15 is 0 Å². The molecule has 2 aliphatic rings. The Labute approximate surface area is 175 Å². The number of ether oxygens (including phenoxy) is 1. The third-order valence-corrected chi connectivity index (χ3v) is 5.13. The van der Waals surface area contributed by atoms with E-state index in [4.69, 9.17) is 4.74 Å². The highest BCUT2D eigenvalue weighted by molar-refractivity contribution is 6.09. The number of amides is 1. The van der Waals surface area contributed by atoms with Crippen LogP contribution in [0.2, 0.25) is 0 Å². The van der Waals surface area contributed by atoms with E-state index in [2.05, 4.69) is 5.32 Å². The lowest BCUT2D eigenvalue weighted by atomic mass is 9.73. The van der Waals surface area contributed by atoms with Crippen LogP contribution in [0.3, 0.4) is 0 Å². The standard InChI is InChI=1S/C22H19F4NO4/c1-11-5-3-7-13(9-11)31-14-8-4-6-12(10-14)27-20(28)15-16(23)17(24)18(25)19(26)22(15,2)21(29)30/h3-8,10-11,19H,9H2,1-2H3,(H,27,28)(H,29,30). The number of anilines is 1. The smallest absolute Gasteiger partial charge is 0.317 e. The summed E-state index contributed by atoms with van der Waals surface area (Å²) in [7, 11) is 0. The maximum atomic E-state index is 14.4. The molecule has 0 spiro atoms. The van der Waals surface area contributed by atoms with Crippen molar-refractivity contribution in [3.05, 3.63) is 71.3 Å². The molecule has 0 saturated carbocycles. The second kappa shape index (κ2) is 8.41. The number of aliphatic carboxylic acids is 1. The Balaban J connectivity index is 1.89. The Morgan fingerprint density at radius 2 is 1.94 bits per heavy atom. The van der Waals surface area contributed by atoms with Crippen LogP contribution in [-0.4, -0.2) is 23.2 Å². The van der Waals surface area contributed by atoms with Gasteiger partial charge in [0.05, 0.1) is 5.57 Å². The van der Waals surface area contributed by atoms with E-state index in [0.717, 1.165) is 0 Å². The molecule has 1 aromatic carbocycles. The highest BCUT2D eigenvalue weighted by Gasteiger charge is 2.56. The average molecular weight is 437 g/mol. The highest BCUT2D eigenvalue weighted by Crippen LogP contribution is 2.47. The van der Waals surface area contributed by atoms with Crippen LogP contribution in [0.15, 0.2) is 71.3 Å². The Hall–Kier alpha value is -3.36. The Kier molecular flexibility index (Phi) is 6.06. The summed E-state index contributed by atoms with van der Waals surface area (Å²) < 4.78 is 61.9. The number of rotatable bonds is 5. The summed E-state index contributed by atoms with van der Waals surface area (Å²) in [6.07, 6.45) is 3.19. The van der Waals surface area contributed by atoms with E-state index in [1.54, 1.807) is 12.1 Å². The summed E-state index contributed by atoms with van der Waals surface area (Å²) in [5.74, 6) is -8.68. The van der Waals surface area contributed by atoms with E-state index in [-0.39, 0.29) is 11.6 Å². The fourth-order valence-corrected chi connectivity index (χ4v) is 3.35. The minimum Gasteiger partial charge on any atom is -0.480 e. The quantitative estimate of drug-likeness (QED) is 0.613. The molecule has 0 radical (unpaired) electrons. The number of carbonyl (C=O) groups is 2. The zero-order valence-corrected chi connectivity index (χ0v) is 16.6. The lowest BCUT2D eigenvalue weighted by molar-refractivity contribution is -0.150. The number of carbonyl (C=O) groups excluding carboxylic acids is 1. The van der Waals surface area contributed by atoms with Crippen molar-refractivity contribution in [1.29, 1.82) is 0 Å². The molecule has 5 nitrogen and oxygen atoms in total. The molecule has 1 amide bonds. The van der Waals surface area contributed by atoms with Gasteiger partial charge in [-0.25, -0.2) is 17.6 Å². The molecular weight excluding hydrogens is 418 g/mol. The normalized spacial score (nSPS) is 25.9. The monoisotopic (exact) mass is 437 g/mol. The summed E-state index contributed by atoms with van der Waals surface area (Å²) in [5, 5.41) is 11.6. The third kappa shape index (κ3) is 4.12. The van der Waals surface area contributed by atoms with Crippen molar-refractivity contribution in [2.45, 2.75) is 26.4 Å². The molecule has 3 unspecified atom stereocenters. The van der Waals surface area contributed by atoms with Crippen molar-refractivity contribution in [2.24, 2.45) is 11.3 Å². The van der Waals surface area contributed by atoms with Gasteiger partial charge in [0, 0.05) is 18.2 Å². The summed E-state index contributed by atoms with van der Waals surface area (Å²) in [4.78, 5) is 24.2. The van der Waals surface area contributed by atoms with Gasteiger partial charge in [-0.3, -0.25) is 9.59 Å². The molecule has 0 heterocycles. The largest absolute Gasteiger partial charge is 0.480 e. The predicted molar refractivity (Wildman–Crippen MR) is 105 cm³/mol. The minimum absolute atomic E-state index is 0.0568. The SMILES string of the molecule is CC1C=CC=C(Oc2cccc(NC(=O)C3=C(F)C(F)=C(F)C(F)C3(C)C(=O)O)c2)C1. The van der Waals surface area contributed by atoms with E-state index < -0.39 is 46.5 Å². The number of hydrogen-bond donors (Lipinski definition) is 2. The van der Waals surface area contributed by atoms with Crippen LogP contribution in [0.1, 0.15) is 20.3 Å². The average Bonchev–Trinajstić information content (AvgIpc) is 2.71. The molecule has 0 fully saturated rings. The molecule has 2 N–H and O–H groups in total. The predicted octanol–water partition coefficient (Wildman–Crippen LogP) is 5.30. The highest BCUT2D eigenvalue weighted by atomic mass is 19.2. The molecule has 0 aliphatic heterocycles. The van der Waals surface area contributed by atoms with Gasteiger partial charge in [0.15, 0.2) is 23.7 Å². The lowest BCUT2D eigenvalue weighted by Gasteiger charge is -2.32. The maximum Gasteiger partial charge on any atom is 0.317 e. The lowest BCUT2D eigenvalue weighted by Crippen LogP contribution is -2.46. The van der Waals surface area contributed by atoms with Crippen molar-refractivity contribution in [2.75, 3.05) is 5.32 Å². The molecule has 2 aliphatic carbocycles. The fraction of sp³-hybridized carbons (Fsp3) is 0.273. The van der Waals surface area contributed by atoms with Crippen LogP contribution < -0.4 is 10.1 Å². The van der Waals surface area contributed by atoms with Gasteiger partial charge in [-0.05, 0) is 31.1 Å². The fourth-order valence-electron chi connectivity index (χ4n) is 3.35. The van der Waals surface area contributed by atoms with Crippen molar-refractivity contribution in [3.8, 4) is 5.75 Å². The zero-order valence-electron chi connectivity index (χ0n) is 16.6. The number of nitrogens with one attached hydrogen (secondary N) is 1. The molecule has 3 rings (SSSR count). The first kappa shape index (κ1) is 22.3. The molecular formula is C22H19F4NO4. The molecule has 0 saturated heterocycles. The molecule has 164 valence electrons. The van der Waals surface area contributed by atoms with Gasteiger partial charge in [0.1, 0.15) is 16.9 Å². The second-order valence-corrected chi connectivity index (χ2v) is 7.50. The van der Waals surface area contributed by atoms with Crippen molar-refractivity contribution in [1.82, 2.24) is 0 Å². The van der Waals surface area contributed by atoms with E-state index in [0.29, 0.717) is 24.9 Å². The Morgan fingerprint density at radius 3 is 2.58 bits per heavy atom. The van der Waals surface area contributed by atoms with Gasteiger partial charge in [0.2, 0.25) is 0 Å². The number of carboxylic acids is 1. The molecule has 9 heteroatoms. The zero-order chi connectivity index (χ0) is 22.9. The summed E-state index contributed by atoms with van der Waals surface area (Å²) in [5.41, 5.74) is -4.26. The van der Waals surface area contributed by atoms with E-state index in [1.165, 1.54) is 18.2 Å². The Bertz CT molecular complexity index is 1060.